The zero-order valence-electron chi connectivity index (χ0n) is 10.1. The van der Waals surface area contributed by atoms with Gasteiger partial charge in [0.1, 0.15) is 5.82 Å². The number of rotatable bonds is 6. The van der Waals surface area contributed by atoms with Crippen LogP contribution in [0.15, 0.2) is 4.90 Å². The molecule has 1 N–H and O–H groups in total. The van der Waals surface area contributed by atoms with Gasteiger partial charge in [0.2, 0.25) is 5.28 Å². The standard InChI is InChI=1S/C12H18ClN3S/c1-2-3-4-5-7-14-11-10-9(6-8-17-10)15-12(13)16-11/h2-8H2,1H3,(H,14,15,16). The molecule has 17 heavy (non-hydrogen) atoms. The lowest BCUT2D eigenvalue weighted by Crippen LogP contribution is -2.06. The number of anilines is 1. The van der Waals surface area contributed by atoms with Crippen molar-refractivity contribution in [1.29, 1.82) is 0 Å². The minimum atomic E-state index is 0.363. The Labute approximate surface area is 112 Å². The smallest absolute Gasteiger partial charge is 0.224 e. The molecule has 1 aromatic rings. The predicted octanol–water partition coefficient (Wildman–Crippen LogP) is 3.77. The predicted molar refractivity (Wildman–Crippen MR) is 74.1 cm³/mol. The summed E-state index contributed by atoms with van der Waals surface area (Å²) in [5.41, 5.74) is 1.10. The van der Waals surface area contributed by atoms with Gasteiger partial charge in [0.15, 0.2) is 0 Å². The fourth-order valence-corrected chi connectivity index (χ4v) is 3.17. The number of fused-ring (bicyclic) bond motifs is 1. The zero-order chi connectivity index (χ0) is 12.1. The topological polar surface area (TPSA) is 37.8 Å². The van der Waals surface area contributed by atoms with Gasteiger partial charge in [-0.1, -0.05) is 26.2 Å². The van der Waals surface area contributed by atoms with Crippen LogP contribution >= 0.6 is 23.4 Å². The van der Waals surface area contributed by atoms with E-state index < -0.39 is 0 Å². The molecular formula is C12H18ClN3S. The first-order valence-electron chi connectivity index (χ1n) is 6.24. The zero-order valence-corrected chi connectivity index (χ0v) is 11.7. The van der Waals surface area contributed by atoms with Gasteiger partial charge in [-0.05, 0) is 18.0 Å². The average molecular weight is 272 g/mol. The summed E-state index contributed by atoms with van der Waals surface area (Å²) in [6.45, 7) is 3.20. The molecule has 5 heteroatoms. The largest absolute Gasteiger partial charge is 0.369 e. The van der Waals surface area contributed by atoms with Gasteiger partial charge >= 0.3 is 0 Å². The van der Waals surface area contributed by atoms with Crippen molar-refractivity contribution >= 4 is 29.2 Å². The maximum atomic E-state index is 5.92. The highest BCUT2D eigenvalue weighted by atomic mass is 35.5. The summed E-state index contributed by atoms with van der Waals surface area (Å²) in [7, 11) is 0. The van der Waals surface area contributed by atoms with Crippen LogP contribution in [0.5, 0.6) is 0 Å². The molecule has 0 fully saturated rings. The van der Waals surface area contributed by atoms with Crippen molar-refractivity contribution < 1.29 is 0 Å². The highest BCUT2D eigenvalue weighted by Crippen LogP contribution is 2.35. The number of nitrogens with zero attached hydrogens (tertiary/aromatic N) is 2. The van der Waals surface area contributed by atoms with Gasteiger partial charge < -0.3 is 5.32 Å². The number of thioether (sulfide) groups is 1. The number of unbranched alkanes of at least 4 members (excludes halogenated alkanes) is 3. The van der Waals surface area contributed by atoms with E-state index in [0.29, 0.717) is 5.28 Å². The number of aromatic nitrogens is 2. The van der Waals surface area contributed by atoms with Crippen LogP contribution in [-0.2, 0) is 6.42 Å². The van der Waals surface area contributed by atoms with E-state index in [1.54, 1.807) is 0 Å². The van der Waals surface area contributed by atoms with Crippen molar-refractivity contribution in [3.63, 3.8) is 0 Å². The molecule has 94 valence electrons. The van der Waals surface area contributed by atoms with Gasteiger partial charge in [0.25, 0.3) is 0 Å². The van der Waals surface area contributed by atoms with Crippen molar-refractivity contribution in [2.75, 3.05) is 17.6 Å². The molecule has 1 aliphatic heterocycles. The molecule has 0 saturated carbocycles. The van der Waals surface area contributed by atoms with Crippen LogP contribution in [0, 0.1) is 0 Å². The van der Waals surface area contributed by atoms with Crippen LogP contribution in [0.2, 0.25) is 5.28 Å². The molecule has 0 unspecified atom stereocenters. The summed E-state index contributed by atoms with van der Waals surface area (Å²) in [6.07, 6.45) is 6.04. The molecule has 0 amide bonds. The molecule has 1 aromatic heterocycles. The fraction of sp³-hybridized carbons (Fsp3) is 0.667. The van der Waals surface area contributed by atoms with Crippen LogP contribution in [0.3, 0.4) is 0 Å². The van der Waals surface area contributed by atoms with Gasteiger partial charge in [0.05, 0.1) is 10.6 Å². The Morgan fingerprint density at radius 3 is 3.00 bits per heavy atom. The molecular weight excluding hydrogens is 254 g/mol. The normalized spacial score (nSPS) is 13.8. The summed E-state index contributed by atoms with van der Waals surface area (Å²) < 4.78 is 0. The number of nitrogens with one attached hydrogen (secondary N) is 1. The van der Waals surface area contributed by atoms with E-state index in [-0.39, 0.29) is 0 Å². The second-order valence-corrected chi connectivity index (χ2v) is 5.65. The highest BCUT2D eigenvalue weighted by molar-refractivity contribution is 7.99. The molecule has 0 spiro atoms. The Hall–Kier alpha value is -0.480. The first-order chi connectivity index (χ1) is 8.31. The molecule has 0 aliphatic carbocycles. The fourth-order valence-electron chi connectivity index (χ4n) is 1.92. The maximum absolute atomic E-state index is 5.92. The van der Waals surface area contributed by atoms with Crippen molar-refractivity contribution in [3.05, 3.63) is 11.0 Å². The van der Waals surface area contributed by atoms with E-state index in [9.17, 15) is 0 Å². The molecule has 2 heterocycles. The van der Waals surface area contributed by atoms with E-state index in [1.165, 1.54) is 30.6 Å². The Kier molecular flexibility index (Phi) is 4.92. The molecule has 0 atom stereocenters. The van der Waals surface area contributed by atoms with Gasteiger partial charge in [-0.15, -0.1) is 11.8 Å². The van der Waals surface area contributed by atoms with Crippen molar-refractivity contribution in [3.8, 4) is 0 Å². The summed E-state index contributed by atoms with van der Waals surface area (Å²) >= 11 is 7.74. The second-order valence-electron chi connectivity index (χ2n) is 4.20. The number of halogens is 1. The molecule has 1 aliphatic rings. The van der Waals surface area contributed by atoms with Gasteiger partial charge in [-0.3, -0.25) is 0 Å². The lowest BCUT2D eigenvalue weighted by Gasteiger charge is -2.09. The van der Waals surface area contributed by atoms with E-state index in [4.69, 9.17) is 11.6 Å². The Morgan fingerprint density at radius 2 is 2.18 bits per heavy atom. The van der Waals surface area contributed by atoms with E-state index in [1.807, 2.05) is 11.8 Å². The van der Waals surface area contributed by atoms with Crippen molar-refractivity contribution in [2.24, 2.45) is 0 Å². The third kappa shape index (κ3) is 3.49. The number of aryl methyl sites for hydroxylation is 1. The van der Waals surface area contributed by atoms with Gasteiger partial charge in [-0.2, -0.15) is 4.98 Å². The number of hydrogen-bond acceptors (Lipinski definition) is 4. The molecule has 0 saturated heterocycles. The van der Waals surface area contributed by atoms with Gasteiger partial charge in [-0.25, -0.2) is 4.98 Å². The number of hydrogen-bond donors (Lipinski definition) is 1. The molecule has 2 rings (SSSR count). The maximum Gasteiger partial charge on any atom is 0.224 e. The quantitative estimate of drug-likeness (QED) is 0.631. The summed E-state index contributed by atoms with van der Waals surface area (Å²) in [4.78, 5) is 9.75. The Bertz CT molecular complexity index is 384. The SMILES string of the molecule is CCCCCCNc1nc(Cl)nc2c1SCC2. The second kappa shape index (κ2) is 6.45. The van der Waals surface area contributed by atoms with E-state index in [0.717, 1.165) is 30.2 Å². The average Bonchev–Trinajstić information content (AvgIpc) is 2.76. The Morgan fingerprint density at radius 1 is 1.29 bits per heavy atom. The summed E-state index contributed by atoms with van der Waals surface area (Å²) in [6, 6.07) is 0. The van der Waals surface area contributed by atoms with E-state index >= 15 is 0 Å². The molecule has 0 aromatic carbocycles. The third-order valence-corrected chi connectivity index (χ3v) is 4.11. The molecule has 0 bridgehead atoms. The summed E-state index contributed by atoms with van der Waals surface area (Å²) in [5, 5.41) is 3.75. The van der Waals surface area contributed by atoms with Crippen LogP contribution in [-0.4, -0.2) is 22.3 Å². The van der Waals surface area contributed by atoms with Crippen LogP contribution in [0.25, 0.3) is 0 Å². The molecule has 0 radical (unpaired) electrons. The minimum absolute atomic E-state index is 0.363. The third-order valence-electron chi connectivity index (χ3n) is 2.82. The summed E-state index contributed by atoms with van der Waals surface area (Å²) in [5.74, 6) is 2.02. The van der Waals surface area contributed by atoms with Crippen molar-refractivity contribution in [2.45, 2.75) is 43.9 Å². The van der Waals surface area contributed by atoms with Crippen LogP contribution in [0.4, 0.5) is 5.82 Å². The lowest BCUT2D eigenvalue weighted by molar-refractivity contribution is 0.683. The molecule has 3 nitrogen and oxygen atoms in total. The van der Waals surface area contributed by atoms with E-state index in [2.05, 4.69) is 22.2 Å². The lowest BCUT2D eigenvalue weighted by atomic mass is 10.2. The van der Waals surface area contributed by atoms with Crippen LogP contribution < -0.4 is 5.32 Å². The van der Waals surface area contributed by atoms with Crippen molar-refractivity contribution in [1.82, 2.24) is 9.97 Å². The first-order valence-corrected chi connectivity index (χ1v) is 7.60. The minimum Gasteiger partial charge on any atom is -0.369 e. The monoisotopic (exact) mass is 271 g/mol. The van der Waals surface area contributed by atoms with Crippen LogP contribution in [0.1, 0.15) is 38.3 Å². The Balaban J connectivity index is 1.92. The first kappa shape index (κ1) is 13.0. The van der Waals surface area contributed by atoms with Gasteiger partial charge in [0, 0.05) is 18.7 Å². The highest BCUT2D eigenvalue weighted by Gasteiger charge is 2.19.